The van der Waals surface area contributed by atoms with Gasteiger partial charge in [-0.1, -0.05) is 11.6 Å². The molecule has 0 unspecified atom stereocenters. The second kappa shape index (κ2) is 6.83. The Morgan fingerprint density at radius 3 is 2.59 bits per heavy atom. The second-order valence-electron chi connectivity index (χ2n) is 5.44. The van der Waals surface area contributed by atoms with E-state index in [2.05, 4.69) is 15.2 Å². The molecule has 0 aliphatic heterocycles. The molecule has 0 fully saturated rings. The molecule has 0 bridgehead atoms. The number of H-pyrrole nitrogens is 2. The molecule has 0 saturated heterocycles. The Labute approximate surface area is 153 Å². The number of hydrogen-bond donors (Lipinski definition) is 3. The first-order chi connectivity index (χ1) is 12.6. The van der Waals surface area contributed by atoms with E-state index in [0.29, 0.717) is 6.07 Å². The lowest BCUT2D eigenvalue weighted by Crippen LogP contribution is -2.25. The van der Waals surface area contributed by atoms with Crippen LogP contribution < -0.4 is 21.7 Å². The third kappa shape index (κ3) is 4.14. The molecule has 0 aliphatic rings. The molecule has 0 atom stereocenters. The molecular formula is C15H11ClF3N5O3. The highest BCUT2D eigenvalue weighted by atomic mass is 35.5. The van der Waals surface area contributed by atoms with Crippen molar-refractivity contribution in [3.05, 3.63) is 67.7 Å². The molecular weight excluding hydrogens is 391 g/mol. The second-order valence-corrected chi connectivity index (χ2v) is 5.87. The van der Waals surface area contributed by atoms with Crippen molar-refractivity contribution < 1.29 is 17.9 Å². The summed E-state index contributed by atoms with van der Waals surface area (Å²) in [5.74, 6) is -1.03. The number of nitrogen functional groups attached to an aromatic ring is 1. The highest BCUT2D eigenvalue weighted by molar-refractivity contribution is 6.31. The fourth-order valence-corrected chi connectivity index (χ4v) is 2.54. The van der Waals surface area contributed by atoms with Gasteiger partial charge in [0.25, 0.3) is 5.56 Å². The van der Waals surface area contributed by atoms with Crippen LogP contribution in [0.4, 0.5) is 18.9 Å². The maximum absolute atomic E-state index is 13.3. The van der Waals surface area contributed by atoms with Gasteiger partial charge in [0, 0.05) is 23.0 Å². The summed E-state index contributed by atoms with van der Waals surface area (Å²) in [7, 11) is 0. The molecule has 0 spiro atoms. The molecule has 8 nitrogen and oxygen atoms in total. The van der Waals surface area contributed by atoms with E-state index in [-0.39, 0.29) is 28.8 Å². The standard InChI is InChI=1S/C15H11ClF3N5O3/c16-7-3-8(20)5-9(4-7)27-12-10(15(17,18)19)1-2-24(13(12)25)6-11-21-14(26)23-22-11/h1-5H,6,20H2,(H2,21,22,23,26). The number of nitrogens with two attached hydrogens (primary N) is 1. The van der Waals surface area contributed by atoms with Crippen LogP contribution in [0.25, 0.3) is 0 Å². The monoisotopic (exact) mass is 401 g/mol. The molecule has 0 radical (unpaired) electrons. The van der Waals surface area contributed by atoms with E-state index >= 15 is 0 Å². The van der Waals surface area contributed by atoms with Crippen LogP contribution in [-0.2, 0) is 12.7 Å². The van der Waals surface area contributed by atoms with Crippen LogP contribution in [0.3, 0.4) is 0 Å². The van der Waals surface area contributed by atoms with Gasteiger partial charge in [0.15, 0.2) is 5.82 Å². The van der Waals surface area contributed by atoms with Crippen LogP contribution in [0.15, 0.2) is 40.1 Å². The van der Waals surface area contributed by atoms with Gasteiger partial charge in [0.2, 0.25) is 5.75 Å². The Bertz CT molecular complexity index is 1080. The SMILES string of the molecule is Nc1cc(Cl)cc(Oc2c(C(F)(F)F)ccn(Cc3n[nH]c(=O)[nH]3)c2=O)c1. The van der Waals surface area contributed by atoms with E-state index < -0.39 is 28.7 Å². The molecule has 0 saturated carbocycles. The summed E-state index contributed by atoms with van der Waals surface area (Å²) in [5, 5.41) is 5.83. The number of halogens is 4. The zero-order valence-corrected chi connectivity index (χ0v) is 14.1. The van der Waals surface area contributed by atoms with Crippen molar-refractivity contribution in [2.45, 2.75) is 12.7 Å². The minimum atomic E-state index is -4.83. The van der Waals surface area contributed by atoms with Crippen molar-refractivity contribution in [3.63, 3.8) is 0 Å². The van der Waals surface area contributed by atoms with Crippen molar-refractivity contribution in [2.75, 3.05) is 5.73 Å². The number of nitrogens with zero attached hydrogens (tertiary/aromatic N) is 2. The van der Waals surface area contributed by atoms with E-state index in [1.807, 2.05) is 0 Å². The summed E-state index contributed by atoms with van der Waals surface area (Å²) < 4.78 is 46.0. The molecule has 3 rings (SSSR count). The molecule has 2 heterocycles. The molecule has 142 valence electrons. The first kappa shape index (κ1) is 18.6. The highest BCUT2D eigenvalue weighted by Gasteiger charge is 2.36. The summed E-state index contributed by atoms with van der Waals surface area (Å²) in [4.78, 5) is 25.9. The minimum Gasteiger partial charge on any atom is -0.451 e. The van der Waals surface area contributed by atoms with E-state index in [4.69, 9.17) is 22.1 Å². The van der Waals surface area contributed by atoms with Crippen LogP contribution in [-0.4, -0.2) is 19.7 Å². The number of nitrogens with one attached hydrogen (secondary N) is 2. The van der Waals surface area contributed by atoms with E-state index in [0.717, 1.165) is 10.8 Å². The predicted octanol–water partition coefficient (Wildman–Crippen LogP) is 2.35. The van der Waals surface area contributed by atoms with Gasteiger partial charge >= 0.3 is 11.9 Å². The molecule has 27 heavy (non-hydrogen) atoms. The quantitative estimate of drug-likeness (QED) is 0.580. The van der Waals surface area contributed by atoms with Gasteiger partial charge in [-0.25, -0.2) is 9.89 Å². The number of benzene rings is 1. The van der Waals surface area contributed by atoms with E-state index in [9.17, 15) is 22.8 Å². The molecule has 0 aliphatic carbocycles. The van der Waals surface area contributed by atoms with Gasteiger partial charge in [-0.3, -0.25) is 9.78 Å². The lowest BCUT2D eigenvalue weighted by molar-refractivity contribution is -0.138. The number of alkyl halides is 3. The fraction of sp³-hybridized carbons (Fsp3) is 0.133. The molecule has 0 amide bonds. The number of rotatable bonds is 4. The Balaban J connectivity index is 2.09. The number of anilines is 1. The average molecular weight is 402 g/mol. The lowest BCUT2D eigenvalue weighted by Gasteiger charge is -2.15. The third-order valence-corrected chi connectivity index (χ3v) is 3.63. The van der Waals surface area contributed by atoms with Crippen molar-refractivity contribution in [1.29, 1.82) is 0 Å². The third-order valence-electron chi connectivity index (χ3n) is 3.41. The first-order valence-corrected chi connectivity index (χ1v) is 7.69. The molecule has 2 aromatic heterocycles. The first-order valence-electron chi connectivity index (χ1n) is 7.31. The summed E-state index contributed by atoms with van der Waals surface area (Å²) >= 11 is 5.82. The summed E-state index contributed by atoms with van der Waals surface area (Å²) in [6.07, 6.45) is -3.91. The fourth-order valence-electron chi connectivity index (χ4n) is 2.30. The molecule has 1 aromatic carbocycles. The topological polar surface area (TPSA) is 119 Å². The lowest BCUT2D eigenvalue weighted by atomic mass is 10.2. The minimum absolute atomic E-state index is 0.0554. The Kier molecular flexibility index (Phi) is 4.70. The zero-order chi connectivity index (χ0) is 19.8. The molecule has 4 N–H and O–H groups in total. The Hall–Kier alpha value is -3.21. The normalized spacial score (nSPS) is 11.6. The van der Waals surface area contributed by atoms with Gasteiger partial charge in [-0.2, -0.15) is 18.3 Å². The van der Waals surface area contributed by atoms with Gasteiger partial charge in [0.1, 0.15) is 11.3 Å². The van der Waals surface area contributed by atoms with Crippen LogP contribution in [0.1, 0.15) is 11.4 Å². The highest BCUT2D eigenvalue weighted by Crippen LogP contribution is 2.36. The van der Waals surface area contributed by atoms with Crippen LogP contribution in [0, 0.1) is 0 Å². The van der Waals surface area contributed by atoms with Gasteiger partial charge in [-0.15, -0.1) is 0 Å². The number of aromatic nitrogens is 4. The smallest absolute Gasteiger partial charge is 0.420 e. The zero-order valence-electron chi connectivity index (χ0n) is 13.3. The average Bonchev–Trinajstić information content (AvgIpc) is 2.94. The van der Waals surface area contributed by atoms with Crippen LogP contribution in [0.2, 0.25) is 5.02 Å². The van der Waals surface area contributed by atoms with E-state index in [1.54, 1.807) is 0 Å². The summed E-state index contributed by atoms with van der Waals surface area (Å²) in [6, 6.07) is 4.51. The van der Waals surface area contributed by atoms with E-state index in [1.165, 1.54) is 18.2 Å². The van der Waals surface area contributed by atoms with Gasteiger partial charge in [-0.05, 0) is 18.2 Å². The van der Waals surface area contributed by atoms with Crippen molar-refractivity contribution in [1.82, 2.24) is 19.7 Å². The van der Waals surface area contributed by atoms with Crippen LogP contribution in [0.5, 0.6) is 11.5 Å². The molecule has 3 aromatic rings. The summed E-state index contributed by atoms with van der Waals surface area (Å²) in [6.45, 7) is -0.274. The van der Waals surface area contributed by atoms with Gasteiger partial charge < -0.3 is 15.0 Å². The predicted molar refractivity (Wildman–Crippen MR) is 90.0 cm³/mol. The van der Waals surface area contributed by atoms with Gasteiger partial charge in [0.05, 0.1) is 6.54 Å². The Morgan fingerprint density at radius 2 is 2.00 bits per heavy atom. The maximum atomic E-state index is 13.3. The summed E-state index contributed by atoms with van der Waals surface area (Å²) in [5.41, 5.74) is 2.79. The molecule has 12 heteroatoms. The number of hydrogen-bond acceptors (Lipinski definition) is 5. The van der Waals surface area contributed by atoms with Crippen molar-refractivity contribution >= 4 is 17.3 Å². The number of aromatic amines is 2. The van der Waals surface area contributed by atoms with Crippen molar-refractivity contribution in [2.24, 2.45) is 0 Å². The van der Waals surface area contributed by atoms with Crippen LogP contribution >= 0.6 is 11.6 Å². The van der Waals surface area contributed by atoms with Crippen molar-refractivity contribution in [3.8, 4) is 11.5 Å². The Morgan fingerprint density at radius 1 is 1.26 bits per heavy atom. The number of ether oxygens (including phenoxy) is 1. The number of pyridine rings is 1. The maximum Gasteiger partial charge on any atom is 0.420 e. The largest absolute Gasteiger partial charge is 0.451 e.